The molecule has 3 nitrogen and oxygen atoms in total. The maximum atomic E-state index is 11.1. The fourth-order valence-electron chi connectivity index (χ4n) is 0.896. The molecule has 0 saturated heterocycles. The first-order valence-electron chi connectivity index (χ1n) is 4.19. The van der Waals surface area contributed by atoms with E-state index in [1.807, 2.05) is 0 Å². The van der Waals surface area contributed by atoms with Gasteiger partial charge in [0.15, 0.2) is 0 Å². The predicted molar refractivity (Wildman–Crippen MR) is 54.7 cm³/mol. The Bertz CT molecular complexity index is 360. The summed E-state index contributed by atoms with van der Waals surface area (Å²) in [5.41, 5.74) is 1.37. The van der Waals surface area contributed by atoms with Gasteiger partial charge in [0.2, 0.25) is 0 Å². The third kappa shape index (κ3) is 2.61. The molecule has 72 valence electrons. The Hall–Kier alpha value is -1.79. The average Bonchev–Trinajstić information content (AvgIpc) is 2.19. The van der Waals surface area contributed by atoms with Gasteiger partial charge in [0.1, 0.15) is 6.10 Å². The number of aliphatic hydroxyl groups excluding tert-OH is 1. The number of aliphatic hydroxyl groups is 1. The van der Waals surface area contributed by atoms with Crippen LogP contribution in [-0.2, 0) is 4.79 Å². The average molecular weight is 189 g/mol. The first-order chi connectivity index (χ1) is 6.63. The zero-order chi connectivity index (χ0) is 10.6. The van der Waals surface area contributed by atoms with E-state index in [2.05, 4.69) is 11.2 Å². The Morgan fingerprint density at radius 2 is 2.07 bits per heavy atom. The molecule has 2 N–H and O–H groups in total. The lowest BCUT2D eigenvalue weighted by molar-refractivity contribution is -0.123. The smallest absolute Gasteiger partial charge is 0.252 e. The Labute approximate surface area is 82.8 Å². The van der Waals surface area contributed by atoms with E-state index in [0.29, 0.717) is 5.69 Å². The molecule has 14 heavy (non-hydrogen) atoms. The van der Waals surface area contributed by atoms with E-state index in [0.717, 1.165) is 5.56 Å². The molecular formula is C11H11NO2. The molecule has 0 saturated carbocycles. The molecule has 0 aliphatic rings. The molecule has 1 atom stereocenters. The molecule has 0 bridgehead atoms. The van der Waals surface area contributed by atoms with Crippen LogP contribution in [-0.4, -0.2) is 17.1 Å². The molecule has 0 spiro atoms. The predicted octanol–water partition coefficient (Wildman–Crippen LogP) is 0.987. The molecule has 1 amide bonds. The monoisotopic (exact) mass is 189 g/mol. The second-order valence-corrected chi connectivity index (χ2v) is 2.89. The van der Waals surface area contributed by atoms with Crippen LogP contribution in [0.5, 0.6) is 0 Å². The van der Waals surface area contributed by atoms with Gasteiger partial charge in [-0.15, -0.1) is 6.42 Å². The maximum Gasteiger partial charge on any atom is 0.252 e. The van der Waals surface area contributed by atoms with E-state index < -0.39 is 12.0 Å². The van der Waals surface area contributed by atoms with Crippen LogP contribution in [0.25, 0.3) is 0 Å². The van der Waals surface area contributed by atoms with Gasteiger partial charge >= 0.3 is 0 Å². The number of carbonyl (C=O) groups is 1. The second-order valence-electron chi connectivity index (χ2n) is 2.89. The first kappa shape index (κ1) is 10.3. The molecule has 0 aliphatic heterocycles. The van der Waals surface area contributed by atoms with Crippen LogP contribution < -0.4 is 5.32 Å². The summed E-state index contributed by atoms with van der Waals surface area (Å²) in [5, 5.41) is 11.5. The molecule has 0 unspecified atom stereocenters. The summed E-state index contributed by atoms with van der Waals surface area (Å²) >= 11 is 0. The summed E-state index contributed by atoms with van der Waals surface area (Å²) in [7, 11) is 0. The van der Waals surface area contributed by atoms with E-state index in [-0.39, 0.29) is 0 Å². The summed E-state index contributed by atoms with van der Waals surface area (Å²) in [5.74, 6) is 2.04. The van der Waals surface area contributed by atoms with Crippen LogP contribution in [0.2, 0.25) is 0 Å². The zero-order valence-electron chi connectivity index (χ0n) is 7.82. The van der Waals surface area contributed by atoms with Crippen molar-refractivity contribution < 1.29 is 9.90 Å². The quantitative estimate of drug-likeness (QED) is 0.681. The van der Waals surface area contributed by atoms with Crippen molar-refractivity contribution in [3.63, 3.8) is 0 Å². The molecule has 0 aromatic heterocycles. The molecule has 0 radical (unpaired) electrons. The maximum absolute atomic E-state index is 11.1. The molecule has 1 rings (SSSR count). The lowest BCUT2D eigenvalue weighted by Crippen LogP contribution is -2.24. The Morgan fingerprint density at radius 3 is 2.50 bits per heavy atom. The van der Waals surface area contributed by atoms with E-state index in [9.17, 15) is 4.79 Å². The summed E-state index contributed by atoms with van der Waals surface area (Å²) in [6, 6.07) is 6.82. The molecule has 1 aromatic carbocycles. The van der Waals surface area contributed by atoms with Crippen molar-refractivity contribution in [3.8, 4) is 12.3 Å². The van der Waals surface area contributed by atoms with Crippen LogP contribution in [0.15, 0.2) is 24.3 Å². The molecular weight excluding hydrogens is 178 g/mol. The van der Waals surface area contributed by atoms with Crippen molar-refractivity contribution in [2.24, 2.45) is 0 Å². The number of carbonyl (C=O) groups excluding carboxylic acids is 1. The van der Waals surface area contributed by atoms with Gasteiger partial charge in [-0.1, -0.05) is 5.92 Å². The van der Waals surface area contributed by atoms with Gasteiger partial charge in [-0.25, -0.2) is 0 Å². The van der Waals surface area contributed by atoms with Gasteiger partial charge in [0.05, 0.1) is 0 Å². The van der Waals surface area contributed by atoms with Crippen molar-refractivity contribution in [2.45, 2.75) is 13.0 Å². The summed E-state index contributed by atoms with van der Waals surface area (Å²) in [6.07, 6.45) is 4.16. The number of benzene rings is 1. The highest BCUT2D eigenvalue weighted by molar-refractivity contribution is 5.93. The SMILES string of the molecule is C#Cc1ccc(NC(=O)[C@H](C)O)cc1. The number of hydrogen-bond acceptors (Lipinski definition) is 2. The van der Waals surface area contributed by atoms with Crippen molar-refractivity contribution in [1.29, 1.82) is 0 Å². The number of hydrogen-bond donors (Lipinski definition) is 2. The van der Waals surface area contributed by atoms with Crippen LogP contribution >= 0.6 is 0 Å². The van der Waals surface area contributed by atoms with Gasteiger partial charge < -0.3 is 10.4 Å². The molecule has 0 fully saturated rings. The summed E-state index contributed by atoms with van der Waals surface area (Å²) in [4.78, 5) is 11.1. The van der Waals surface area contributed by atoms with Crippen LogP contribution in [0, 0.1) is 12.3 Å². The standard InChI is InChI=1S/C11H11NO2/c1-3-9-4-6-10(7-5-9)12-11(14)8(2)13/h1,4-8,13H,2H3,(H,12,14)/t8-/m0/s1. The van der Waals surface area contributed by atoms with Gasteiger partial charge in [-0.3, -0.25) is 4.79 Å². The van der Waals surface area contributed by atoms with Gasteiger partial charge in [-0.2, -0.15) is 0 Å². The molecule has 1 aromatic rings. The largest absolute Gasteiger partial charge is 0.384 e. The van der Waals surface area contributed by atoms with Gasteiger partial charge in [-0.05, 0) is 31.2 Å². The fourth-order valence-corrected chi connectivity index (χ4v) is 0.896. The van der Waals surface area contributed by atoms with E-state index >= 15 is 0 Å². The minimum atomic E-state index is -1.01. The Balaban J connectivity index is 2.70. The minimum absolute atomic E-state index is 0.432. The number of nitrogens with one attached hydrogen (secondary N) is 1. The van der Waals surface area contributed by atoms with Crippen molar-refractivity contribution >= 4 is 11.6 Å². The highest BCUT2D eigenvalue weighted by Gasteiger charge is 2.07. The number of amides is 1. The van der Waals surface area contributed by atoms with E-state index in [1.54, 1.807) is 24.3 Å². The topological polar surface area (TPSA) is 49.3 Å². The minimum Gasteiger partial charge on any atom is -0.384 e. The number of terminal acetylenes is 1. The molecule has 0 aliphatic carbocycles. The lowest BCUT2D eigenvalue weighted by Gasteiger charge is -2.06. The third-order valence-electron chi connectivity index (χ3n) is 1.70. The Morgan fingerprint density at radius 1 is 1.50 bits per heavy atom. The van der Waals surface area contributed by atoms with Crippen molar-refractivity contribution in [2.75, 3.05) is 5.32 Å². The normalized spacial score (nSPS) is 11.5. The van der Waals surface area contributed by atoms with E-state index in [1.165, 1.54) is 6.92 Å². The first-order valence-corrected chi connectivity index (χ1v) is 4.19. The van der Waals surface area contributed by atoms with Crippen LogP contribution in [0.1, 0.15) is 12.5 Å². The Kier molecular flexibility index (Phi) is 3.27. The number of rotatable bonds is 2. The molecule has 0 heterocycles. The highest BCUT2D eigenvalue weighted by atomic mass is 16.3. The fraction of sp³-hybridized carbons (Fsp3) is 0.182. The van der Waals surface area contributed by atoms with Gasteiger partial charge in [0.25, 0.3) is 5.91 Å². The summed E-state index contributed by atoms with van der Waals surface area (Å²) < 4.78 is 0. The van der Waals surface area contributed by atoms with Crippen molar-refractivity contribution in [1.82, 2.24) is 0 Å². The lowest BCUT2D eigenvalue weighted by atomic mass is 10.2. The van der Waals surface area contributed by atoms with E-state index in [4.69, 9.17) is 11.5 Å². The third-order valence-corrected chi connectivity index (χ3v) is 1.70. The highest BCUT2D eigenvalue weighted by Crippen LogP contribution is 2.08. The molecule has 3 heteroatoms. The zero-order valence-corrected chi connectivity index (χ0v) is 7.82. The van der Waals surface area contributed by atoms with Crippen LogP contribution in [0.4, 0.5) is 5.69 Å². The second kappa shape index (κ2) is 4.45. The van der Waals surface area contributed by atoms with Crippen molar-refractivity contribution in [3.05, 3.63) is 29.8 Å². The summed E-state index contributed by atoms with van der Waals surface area (Å²) in [6.45, 7) is 1.41. The van der Waals surface area contributed by atoms with Crippen LogP contribution in [0.3, 0.4) is 0 Å². The number of anilines is 1. The van der Waals surface area contributed by atoms with Gasteiger partial charge in [0, 0.05) is 11.3 Å².